The molecule has 7 rings (SSSR count). The number of hydrogen-bond donors (Lipinski definition) is 0. The largest absolute Gasteiger partial charge is 0.483 e. The number of para-hydroxylation sites is 4. The van der Waals surface area contributed by atoms with E-state index in [0.29, 0.717) is 11.4 Å². The Morgan fingerprint density at radius 2 is 0.955 bits per heavy atom. The van der Waals surface area contributed by atoms with Gasteiger partial charge in [0.1, 0.15) is 25.4 Å². The molecule has 0 radical (unpaired) electrons. The average molecular weight is 578 g/mol. The van der Waals surface area contributed by atoms with Gasteiger partial charge in [-0.25, -0.2) is 19.7 Å². The molecular weight excluding hydrogens is 550 g/mol. The number of nitrogens with zero attached hydrogens (tertiary/aromatic N) is 3. The van der Waals surface area contributed by atoms with Crippen molar-refractivity contribution in [2.75, 3.05) is 0 Å². The first-order chi connectivity index (χ1) is 21.7. The topological polar surface area (TPSA) is 83.4 Å². The Balaban J connectivity index is 1.14. The smallest absolute Gasteiger partial charge is 0.342 e. The third-order valence-corrected chi connectivity index (χ3v) is 7.26. The van der Waals surface area contributed by atoms with E-state index in [9.17, 15) is 4.79 Å². The number of ether oxygens (including phenoxy) is 3. The van der Waals surface area contributed by atoms with Gasteiger partial charge in [-0.05, 0) is 48.5 Å². The Kier molecular flexibility index (Phi) is 7.49. The Labute approximate surface area is 253 Å². The van der Waals surface area contributed by atoms with E-state index in [1.54, 1.807) is 18.2 Å². The fourth-order valence-corrected chi connectivity index (χ4v) is 5.02. The van der Waals surface area contributed by atoms with Crippen LogP contribution in [0.4, 0.5) is 0 Å². The predicted octanol–water partition coefficient (Wildman–Crippen LogP) is 7.85. The molecule has 7 heteroatoms. The number of rotatable bonds is 9. The monoisotopic (exact) mass is 577 g/mol. The fraction of sp³-hybridized carbons (Fsp3) is 0.0811. The van der Waals surface area contributed by atoms with Gasteiger partial charge in [0.15, 0.2) is 11.5 Å². The Morgan fingerprint density at radius 1 is 0.477 bits per heavy atom. The molecule has 44 heavy (non-hydrogen) atoms. The van der Waals surface area contributed by atoms with Crippen molar-refractivity contribution in [3.63, 3.8) is 0 Å². The second kappa shape index (κ2) is 12.2. The molecule has 0 bridgehead atoms. The van der Waals surface area contributed by atoms with Gasteiger partial charge in [-0.1, -0.05) is 78.9 Å². The van der Waals surface area contributed by atoms with E-state index in [1.165, 1.54) is 0 Å². The Morgan fingerprint density at radius 3 is 1.50 bits per heavy atom. The summed E-state index contributed by atoms with van der Waals surface area (Å²) in [6.07, 6.45) is 0. The van der Waals surface area contributed by atoms with Crippen LogP contribution in [0.1, 0.15) is 27.4 Å². The number of esters is 1. The van der Waals surface area contributed by atoms with E-state index in [0.717, 1.165) is 44.1 Å². The maximum atomic E-state index is 13.4. The lowest BCUT2D eigenvalue weighted by atomic mass is 10.1. The molecule has 0 saturated carbocycles. The summed E-state index contributed by atoms with van der Waals surface area (Å²) in [5, 5.41) is 3.11. The molecule has 0 aliphatic carbocycles. The molecule has 0 N–H and O–H groups in total. The van der Waals surface area contributed by atoms with Gasteiger partial charge in [0.25, 0.3) is 0 Å². The summed E-state index contributed by atoms with van der Waals surface area (Å²) in [4.78, 5) is 27.5. The van der Waals surface area contributed by atoms with E-state index in [1.807, 2.05) is 109 Å². The maximum absolute atomic E-state index is 13.4. The predicted molar refractivity (Wildman–Crippen MR) is 169 cm³/mol. The third kappa shape index (κ3) is 5.89. The van der Waals surface area contributed by atoms with Crippen molar-refractivity contribution in [3.8, 4) is 11.5 Å². The van der Waals surface area contributed by atoms with Gasteiger partial charge >= 0.3 is 5.97 Å². The number of fused-ring (bicyclic) bond motifs is 3. The number of aromatic nitrogens is 3. The molecule has 0 spiro atoms. The first-order valence-electron chi connectivity index (χ1n) is 14.3. The van der Waals surface area contributed by atoms with Gasteiger partial charge in [-0.15, -0.1) is 0 Å². The molecule has 0 aliphatic heterocycles. The van der Waals surface area contributed by atoms with Gasteiger partial charge in [-0.2, -0.15) is 0 Å². The zero-order valence-electron chi connectivity index (χ0n) is 23.7. The Hall–Kier alpha value is -5.82. The minimum atomic E-state index is -0.546. The molecule has 7 aromatic rings. The number of carbonyl (C=O) groups excluding carboxylic acids is 1. The molecule has 0 atom stereocenters. The lowest BCUT2D eigenvalue weighted by molar-refractivity contribution is 0.0461. The van der Waals surface area contributed by atoms with E-state index in [4.69, 9.17) is 24.2 Å². The zero-order valence-corrected chi connectivity index (χ0v) is 23.7. The van der Waals surface area contributed by atoms with Crippen LogP contribution in [0.3, 0.4) is 0 Å². The van der Waals surface area contributed by atoms with Gasteiger partial charge in [-0.3, -0.25) is 0 Å². The summed E-state index contributed by atoms with van der Waals surface area (Å²) in [5.74, 6) is 0.134. The summed E-state index contributed by atoms with van der Waals surface area (Å²) < 4.78 is 18.2. The van der Waals surface area contributed by atoms with Gasteiger partial charge < -0.3 is 14.2 Å². The minimum absolute atomic E-state index is 0.0153. The number of hydrogen-bond acceptors (Lipinski definition) is 7. The molecule has 0 fully saturated rings. The van der Waals surface area contributed by atoms with Crippen LogP contribution in [0.15, 0.2) is 127 Å². The van der Waals surface area contributed by atoms with Crippen LogP contribution < -0.4 is 9.47 Å². The van der Waals surface area contributed by atoms with Crippen molar-refractivity contribution in [3.05, 3.63) is 150 Å². The van der Waals surface area contributed by atoms with Crippen LogP contribution in [0.5, 0.6) is 11.5 Å². The summed E-state index contributed by atoms with van der Waals surface area (Å²) in [7, 11) is 0. The zero-order chi connectivity index (χ0) is 29.7. The molecule has 7 nitrogen and oxygen atoms in total. The molecule has 0 aliphatic rings. The SMILES string of the molecule is O=C(OCc1ccc2ccccc2n1)c1cccc(OCc2ccc3ccccc3n2)c1OCc1ccc2ccccc2n1. The molecular formula is C37H27N3O4. The molecule has 0 saturated heterocycles. The highest BCUT2D eigenvalue weighted by Gasteiger charge is 2.20. The third-order valence-electron chi connectivity index (χ3n) is 7.26. The van der Waals surface area contributed by atoms with Crippen LogP contribution in [-0.4, -0.2) is 20.9 Å². The van der Waals surface area contributed by atoms with Crippen molar-refractivity contribution in [2.45, 2.75) is 19.8 Å². The molecule has 4 aromatic carbocycles. The van der Waals surface area contributed by atoms with Crippen molar-refractivity contribution in [2.24, 2.45) is 0 Å². The molecule has 3 aromatic heterocycles. The van der Waals surface area contributed by atoms with Crippen molar-refractivity contribution >= 4 is 38.7 Å². The maximum Gasteiger partial charge on any atom is 0.342 e. The van der Waals surface area contributed by atoms with Crippen LogP contribution in [0.2, 0.25) is 0 Å². The highest BCUT2D eigenvalue weighted by Crippen LogP contribution is 2.34. The summed E-state index contributed by atoms with van der Waals surface area (Å²) in [6.45, 7) is 0.336. The van der Waals surface area contributed by atoms with Crippen LogP contribution >= 0.6 is 0 Å². The average Bonchev–Trinajstić information content (AvgIpc) is 3.08. The summed E-state index contributed by atoms with van der Waals surface area (Å²) >= 11 is 0. The first kappa shape index (κ1) is 27.0. The Bertz CT molecular complexity index is 2130. The van der Waals surface area contributed by atoms with Gasteiger partial charge in [0.2, 0.25) is 0 Å². The van der Waals surface area contributed by atoms with Gasteiger partial charge in [0, 0.05) is 16.2 Å². The van der Waals surface area contributed by atoms with Crippen LogP contribution in [-0.2, 0) is 24.6 Å². The second-order valence-corrected chi connectivity index (χ2v) is 10.3. The molecule has 214 valence electrons. The molecule has 0 amide bonds. The van der Waals surface area contributed by atoms with E-state index >= 15 is 0 Å². The van der Waals surface area contributed by atoms with Crippen molar-refractivity contribution in [1.29, 1.82) is 0 Å². The van der Waals surface area contributed by atoms with Crippen LogP contribution in [0.25, 0.3) is 32.7 Å². The number of pyridine rings is 3. The minimum Gasteiger partial charge on any atom is -0.483 e. The fourth-order valence-electron chi connectivity index (χ4n) is 5.02. The van der Waals surface area contributed by atoms with Crippen molar-refractivity contribution in [1.82, 2.24) is 15.0 Å². The standard InChI is InChI=1S/C37H27N3O4/c41-37(44-24-30-21-18-27-10-3-6-14-34(27)40-30)31-11-7-15-35(42-22-28-19-16-25-8-1-4-12-32(25)38-28)36(31)43-23-29-20-17-26-9-2-5-13-33(26)39-29/h1-21H,22-24H2. The molecule has 3 heterocycles. The quantitative estimate of drug-likeness (QED) is 0.162. The van der Waals surface area contributed by atoms with Crippen molar-refractivity contribution < 1.29 is 19.0 Å². The van der Waals surface area contributed by atoms with E-state index in [-0.39, 0.29) is 31.1 Å². The lowest BCUT2D eigenvalue weighted by Gasteiger charge is -2.16. The number of benzene rings is 4. The highest BCUT2D eigenvalue weighted by molar-refractivity contribution is 5.93. The van der Waals surface area contributed by atoms with Gasteiger partial charge in [0.05, 0.1) is 33.6 Å². The lowest BCUT2D eigenvalue weighted by Crippen LogP contribution is -2.11. The van der Waals surface area contributed by atoms with E-state index in [2.05, 4.69) is 4.98 Å². The summed E-state index contributed by atoms with van der Waals surface area (Å²) in [6, 6.07) is 40.5. The van der Waals surface area contributed by atoms with E-state index < -0.39 is 5.97 Å². The molecule has 0 unspecified atom stereocenters. The van der Waals surface area contributed by atoms with Crippen LogP contribution in [0, 0.1) is 0 Å². The summed E-state index contributed by atoms with van der Waals surface area (Å²) in [5.41, 5.74) is 4.95. The highest BCUT2D eigenvalue weighted by atomic mass is 16.5. The number of carbonyl (C=O) groups is 1. The normalized spacial score (nSPS) is 11.1. The second-order valence-electron chi connectivity index (χ2n) is 10.3. The first-order valence-corrected chi connectivity index (χ1v) is 14.3.